The number of epoxide rings is 1. The number of hydrogen-bond acceptors (Lipinski definition) is 6. The fraction of sp³-hybridized carbons (Fsp3) is 0.455. The first-order chi connectivity index (χ1) is 13.5. The maximum atomic E-state index is 12.0. The minimum Gasteiger partial charge on any atom is -0.458 e. The summed E-state index contributed by atoms with van der Waals surface area (Å²) in [5, 5.41) is 1.96. The normalized spacial score (nSPS) is 34.2. The molecule has 0 aromatic carbocycles. The summed E-state index contributed by atoms with van der Waals surface area (Å²) in [5.41, 5.74) is 1.33. The van der Waals surface area contributed by atoms with Crippen molar-refractivity contribution >= 4 is 29.4 Å². The van der Waals surface area contributed by atoms with Crippen molar-refractivity contribution in [3.8, 4) is 0 Å². The van der Waals surface area contributed by atoms with Gasteiger partial charge in [-0.05, 0) is 55.7 Å². The Morgan fingerprint density at radius 3 is 3.14 bits per heavy atom. The first-order valence-electron chi connectivity index (χ1n) is 9.60. The van der Waals surface area contributed by atoms with Gasteiger partial charge in [0.05, 0.1) is 5.60 Å². The highest BCUT2D eigenvalue weighted by Gasteiger charge is 2.61. The molecule has 3 aliphatic rings. The van der Waals surface area contributed by atoms with Gasteiger partial charge in [-0.1, -0.05) is 18.7 Å². The van der Waals surface area contributed by atoms with E-state index in [1.807, 2.05) is 17.5 Å². The van der Waals surface area contributed by atoms with Crippen LogP contribution >= 0.6 is 11.3 Å². The minimum absolute atomic E-state index is 0.0455. The number of allylic oxidation sites excluding steroid dienone is 1. The molecular weight excluding hydrogens is 376 g/mol. The summed E-state index contributed by atoms with van der Waals surface area (Å²) in [7, 11) is 0. The van der Waals surface area contributed by atoms with Gasteiger partial charge in [-0.15, -0.1) is 11.3 Å². The highest BCUT2D eigenvalue weighted by Crippen LogP contribution is 2.49. The molecule has 4 rings (SSSR count). The fourth-order valence-electron chi connectivity index (χ4n) is 4.00. The summed E-state index contributed by atoms with van der Waals surface area (Å²) < 4.78 is 16.9. The molecule has 4 atom stereocenters. The van der Waals surface area contributed by atoms with Gasteiger partial charge in [0, 0.05) is 22.4 Å². The van der Waals surface area contributed by atoms with Crippen molar-refractivity contribution in [1.82, 2.24) is 0 Å². The molecule has 6 heteroatoms. The number of rotatable bonds is 4. The van der Waals surface area contributed by atoms with Gasteiger partial charge in [-0.3, -0.25) is 0 Å². The molecule has 0 radical (unpaired) electrons. The van der Waals surface area contributed by atoms with Gasteiger partial charge in [-0.2, -0.15) is 0 Å². The van der Waals surface area contributed by atoms with Crippen LogP contribution in [0.3, 0.4) is 0 Å². The Balaban J connectivity index is 1.39. The molecule has 28 heavy (non-hydrogen) atoms. The summed E-state index contributed by atoms with van der Waals surface area (Å²) in [6.45, 7) is 6.25. The van der Waals surface area contributed by atoms with Crippen molar-refractivity contribution in [3.05, 3.63) is 52.3 Å². The first-order valence-corrected chi connectivity index (χ1v) is 10.5. The van der Waals surface area contributed by atoms with Crippen LogP contribution in [-0.4, -0.2) is 36.4 Å². The fourth-order valence-corrected chi connectivity index (χ4v) is 4.62. The molecule has 0 bridgehead atoms. The first kappa shape index (κ1) is 19.2. The van der Waals surface area contributed by atoms with Crippen LogP contribution in [0.1, 0.15) is 37.5 Å². The standard InChI is InChI=1S/C22H24O5S/c1-14-17-9-7-15(13-25-18(23)10-8-16-6-4-12-28-16)5-3-11-22(2)20(27-22)19(17)26-21(14)24/h4-6,8,10,12,17,19-20H,1,3,7,9,11,13H2,2H3/b10-8+,15-5+/t17-,19-,20-,22+/m0/s1. The van der Waals surface area contributed by atoms with Crippen LogP contribution in [0, 0.1) is 5.92 Å². The van der Waals surface area contributed by atoms with E-state index in [1.165, 1.54) is 6.08 Å². The Morgan fingerprint density at radius 1 is 1.50 bits per heavy atom. The summed E-state index contributed by atoms with van der Waals surface area (Å²) >= 11 is 1.57. The zero-order valence-corrected chi connectivity index (χ0v) is 16.7. The topological polar surface area (TPSA) is 65.1 Å². The third-order valence-corrected chi connectivity index (χ3v) is 6.60. The van der Waals surface area contributed by atoms with Gasteiger partial charge < -0.3 is 14.2 Å². The number of carbonyl (C=O) groups is 2. The Morgan fingerprint density at radius 2 is 2.36 bits per heavy atom. The summed E-state index contributed by atoms with van der Waals surface area (Å²) in [6, 6.07) is 3.88. The summed E-state index contributed by atoms with van der Waals surface area (Å²) in [5.74, 6) is -0.719. The van der Waals surface area contributed by atoms with E-state index in [-0.39, 0.29) is 42.3 Å². The van der Waals surface area contributed by atoms with Gasteiger partial charge in [0.2, 0.25) is 0 Å². The number of thiophene rings is 1. The van der Waals surface area contributed by atoms with Crippen LogP contribution in [0.15, 0.2) is 47.4 Å². The van der Waals surface area contributed by atoms with Crippen LogP contribution in [-0.2, 0) is 23.8 Å². The molecule has 2 fully saturated rings. The molecule has 0 amide bonds. The largest absolute Gasteiger partial charge is 0.458 e. The van der Waals surface area contributed by atoms with E-state index in [1.54, 1.807) is 17.4 Å². The van der Waals surface area contributed by atoms with E-state index in [2.05, 4.69) is 19.6 Å². The third-order valence-electron chi connectivity index (χ3n) is 5.77. The molecule has 148 valence electrons. The lowest BCUT2D eigenvalue weighted by Gasteiger charge is -2.20. The molecule has 2 aliphatic heterocycles. The summed E-state index contributed by atoms with van der Waals surface area (Å²) in [6.07, 6.45) is 8.23. The third kappa shape index (κ3) is 3.98. The SMILES string of the molecule is C=C1C(=O)O[C@H]2[C@H]1CC/C(COC(=O)/C=C/c1cccs1)=C\CC[C@@]1(C)O[C@@H]21. The smallest absolute Gasteiger partial charge is 0.334 e. The molecule has 5 nitrogen and oxygen atoms in total. The van der Waals surface area contributed by atoms with E-state index in [9.17, 15) is 9.59 Å². The van der Waals surface area contributed by atoms with Crippen molar-refractivity contribution in [1.29, 1.82) is 0 Å². The van der Waals surface area contributed by atoms with E-state index >= 15 is 0 Å². The van der Waals surface area contributed by atoms with Crippen molar-refractivity contribution in [2.45, 2.75) is 50.4 Å². The van der Waals surface area contributed by atoms with Gasteiger partial charge in [0.1, 0.15) is 18.8 Å². The lowest BCUT2D eigenvalue weighted by molar-refractivity contribution is -0.140. The lowest BCUT2D eigenvalue weighted by atomic mass is 9.84. The maximum absolute atomic E-state index is 12.0. The van der Waals surface area contributed by atoms with Crippen LogP contribution in [0.25, 0.3) is 6.08 Å². The number of hydrogen-bond donors (Lipinski definition) is 0. The Hall–Kier alpha value is -2.18. The molecule has 0 spiro atoms. The number of ether oxygens (including phenoxy) is 3. The Kier molecular flexibility index (Phi) is 5.25. The van der Waals surface area contributed by atoms with Crippen LogP contribution < -0.4 is 0 Å². The second kappa shape index (κ2) is 7.68. The molecule has 1 aromatic heterocycles. The van der Waals surface area contributed by atoms with E-state index in [4.69, 9.17) is 14.2 Å². The Labute approximate surface area is 168 Å². The van der Waals surface area contributed by atoms with Crippen molar-refractivity contribution in [3.63, 3.8) is 0 Å². The van der Waals surface area contributed by atoms with Crippen LogP contribution in [0.4, 0.5) is 0 Å². The van der Waals surface area contributed by atoms with Crippen molar-refractivity contribution < 1.29 is 23.8 Å². The lowest BCUT2D eigenvalue weighted by Crippen LogP contribution is -2.29. The molecule has 2 saturated heterocycles. The second-order valence-electron chi connectivity index (χ2n) is 7.75. The second-order valence-corrected chi connectivity index (χ2v) is 8.73. The number of esters is 2. The number of fused-ring (bicyclic) bond motifs is 3. The summed E-state index contributed by atoms with van der Waals surface area (Å²) in [4.78, 5) is 25.0. The van der Waals surface area contributed by atoms with E-state index < -0.39 is 0 Å². The average Bonchev–Trinajstić information content (AvgIpc) is 2.99. The zero-order chi connectivity index (χ0) is 19.7. The number of carbonyl (C=O) groups excluding carboxylic acids is 2. The molecule has 0 N–H and O–H groups in total. The quantitative estimate of drug-likeness (QED) is 0.330. The Bertz CT molecular complexity index is 837. The highest BCUT2D eigenvalue weighted by atomic mass is 32.1. The zero-order valence-electron chi connectivity index (χ0n) is 15.9. The molecule has 1 aromatic rings. The highest BCUT2D eigenvalue weighted by molar-refractivity contribution is 7.10. The molecular formula is C22H24O5S. The minimum atomic E-state index is -0.356. The van der Waals surface area contributed by atoms with Crippen molar-refractivity contribution in [2.75, 3.05) is 6.61 Å². The van der Waals surface area contributed by atoms with Gasteiger partial charge in [0.15, 0.2) is 0 Å². The predicted molar refractivity (Wildman–Crippen MR) is 107 cm³/mol. The maximum Gasteiger partial charge on any atom is 0.334 e. The van der Waals surface area contributed by atoms with Gasteiger partial charge in [0.25, 0.3) is 0 Å². The molecule has 0 unspecified atom stereocenters. The monoisotopic (exact) mass is 400 g/mol. The van der Waals surface area contributed by atoms with E-state index in [0.29, 0.717) is 5.57 Å². The van der Waals surface area contributed by atoms with E-state index in [0.717, 1.165) is 36.1 Å². The van der Waals surface area contributed by atoms with Crippen LogP contribution in [0.2, 0.25) is 0 Å². The average molecular weight is 400 g/mol. The molecule has 3 heterocycles. The van der Waals surface area contributed by atoms with Gasteiger partial charge in [-0.25, -0.2) is 9.59 Å². The molecule has 1 aliphatic carbocycles. The van der Waals surface area contributed by atoms with Crippen molar-refractivity contribution in [2.24, 2.45) is 5.92 Å². The van der Waals surface area contributed by atoms with Crippen LogP contribution in [0.5, 0.6) is 0 Å². The molecule has 0 saturated carbocycles. The predicted octanol–water partition coefficient (Wildman–Crippen LogP) is 4.06. The van der Waals surface area contributed by atoms with Gasteiger partial charge >= 0.3 is 11.9 Å².